The molecular formula is C12H14ClNO2. The van der Waals surface area contributed by atoms with Gasteiger partial charge in [0, 0.05) is 6.07 Å². The van der Waals surface area contributed by atoms with Crippen LogP contribution in [0, 0.1) is 6.92 Å². The van der Waals surface area contributed by atoms with Crippen LogP contribution in [0.5, 0.6) is 11.7 Å². The van der Waals surface area contributed by atoms with E-state index in [2.05, 4.69) is 0 Å². The van der Waals surface area contributed by atoms with E-state index in [0.717, 1.165) is 17.1 Å². The maximum Gasteiger partial charge on any atom is 0.290 e. The molecule has 0 atom stereocenters. The van der Waals surface area contributed by atoms with Gasteiger partial charge in [0.1, 0.15) is 11.5 Å². The van der Waals surface area contributed by atoms with Gasteiger partial charge in [0.15, 0.2) is 0 Å². The van der Waals surface area contributed by atoms with E-state index in [4.69, 9.17) is 14.9 Å². The summed E-state index contributed by atoms with van der Waals surface area (Å²) >= 11 is 0. The van der Waals surface area contributed by atoms with Crippen LogP contribution in [-0.4, -0.2) is 0 Å². The Labute approximate surface area is 101 Å². The maximum atomic E-state index is 5.52. The molecule has 0 aliphatic heterocycles. The maximum absolute atomic E-state index is 5.52. The van der Waals surface area contributed by atoms with Crippen LogP contribution in [0.3, 0.4) is 0 Å². The van der Waals surface area contributed by atoms with E-state index >= 15 is 0 Å². The van der Waals surface area contributed by atoms with Gasteiger partial charge >= 0.3 is 0 Å². The second-order valence-corrected chi connectivity index (χ2v) is 3.34. The van der Waals surface area contributed by atoms with E-state index in [-0.39, 0.29) is 12.4 Å². The van der Waals surface area contributed by atoms with Crippen LogP contribution in [0.25, 0.3) is 0 Å². The molecule has 2 rings (SSSR count). The molecular weight excluding hydrogens is 226 g/mol. The number of benzene rings is 1. The van der Waals surface area contributed by atoms with Gasteiger partial charge < -0.3 is 14.9 Å². The molecule has 1 aromatic carbocycles. The summed E-state index contributed by atoms with van der Waals surface area (Å²) in [7, 11) is 0. The highest BCUT2D eigenvalue weighted by molar-refractivity contribution is 5.85. The predicted octanol–water partition coefficient (Wildman–Crippen LogP) is 3.26. The van der Waals surface area contributed by atoms with Gasteiger partial charge in [0.25, 0.3) is 5.95 Å². The molecule has 16 heavy (non-hydrogen) atoms. The molecule has 2 N–H and O–H groups in total. The first-order chi connectivity index (χ1) is 7.28. The lowest BCUT2D eigenvalue weighted by Crippen LogP contribution is -1.92. The SMILES string of the molecule is Cc1cccc(Oc2ccc(CN)o2)c1.Cl. The fourth-order valence-corrected chi connectivity index (χ4v) is 1.32. The Morgan fingerprint density at radius 1 is 1.25 bits per heavy atom. The van der Waals surface area contributed by atoms with Crippen molar-refractivity contribution in [3.05, 3.63) is 47.7 Å². The lowest BCUT2D eigenvalue weighted by Gasteiger charge is -2.02. The number of rotatable bonds is 3. The van der Waals surface area contributed by atoms with Gasteiger partial charge in [-0.15, -0.1) is 12.4 Å². The average molecular weight is 240 g/mol. The Morgan fingerprint density at radius 3 is 2.69 bits per heavy atom. The number of furan rings is 1. The molecule has 0 amide bonds. The smallest absolute Gasteiger partial charge is 0.290 e. The third-order valence-corrected chi connectivity index (χ3v) is 2.05. The highest BCUT2D eigenvalue weighted by Crippen LogP contribution is 2.23. The third-order valence-electron chi connectivity index (χ3n) is 2.05. The van der Waals surface area contributed by atoms with Gasteiger partial charge in [0.05, 0.1) is 6.54 Å². The molecule has 0 fully saturated rings. The zero-order chi connectivity index (χ0) is 10.7. The predicted molar refractivity (Wildman–Crippen MR) is 65.1 cm³/mol. The van der Waals surface area contributed by atoms with Gasteiger partial charge in [-0.2, -0.15) is 0 Å². The topological polar surface area (TPSA) is 48.4 Å². The first-order valence-electron chi connectivity index (χ1n) is 4.81. The minimum absolute atomic E-state index is 0. The van der Waals surface area contributed by atoms with Crippen molar-refractivity contribution < 1.29 is 9.15 Å². The third kappa shape index (κ3) is 3.02. The normalized spacial score (nSPS) is 9.62. The van der Waals surface area contributed by atoms with Crippen molar-refractivity contribution in [3.63, 3.8) is 0 Å². The Morgan fingerprint density at radius 2 is 2.06 bits per heavy atom. The molecule has 3 nitrogen and oxygen atoms in total. The molecule has 86 valence electrons. The van der Waals surface area contributed by atoms with E-state index in [1.165, 1.54) is 0 Å². The molecule has 0 aliphatic carbocycles. The van der Waals surface area contributed by atoms with Crippen molar-refractivity contribution in [2.45, 2.75) is 13.5 Å². The van der Waals surface area contributed by atoms with Crippen molar-refractivity contribution in [3.8, 4) is 11.7 Å². The summed E-state index contributed by atoms with van der Waals surface area (Å²) in [6, 6.07) is 11.4. The largest absolute Gasteiger partial charge is 0.429 e. The fourth-order valence-electron chi connectivity index (χ4n) is 1.32. The van der Waals surface area contributed by atoms with E-state index < -0.39 is 0 Å². The zero-order valence-corrected chi connectivity index (χ0v) is 9.79. The van der Waals surface area contributed by atoms with Crippen LogP contribution in [0.1, 0.15) is 11.3 Å². The summed E-state index contributed by atoms with van der Waals surface area (Å²) < 4.78 is 10.8. The molecule has 1 aromatic heterocycles. The highest BCUT2D eigenvalue weighted by Gasteiger charge is 2.02. The lowest BCUT2D eigenvalue weighted by molar-refractivity contribution is 0.332. The number of halogens is 1. The fraction of sp³-hybridized carbons (Fsp3) is 0.167. The number of hydrogen-bond acceptors (Lipinski definition) is 3. The first-order valence-corrected chi connectivity index (χ1v) is 4.81. The number of hydrogen-bond donors (Lipinski definition) is 1. The average Bonchev–Trinajstić information content (AvgIpc) is 2.65. The summed E-state index contributed by atoms with van der Waals surface area (Å²) in [6.45, 7) is 2.40. The van der Waals surface area contributed by atoms with Crippen molar-refractivity contribution in [2.24, 2.45) is 5.73 Å². The Balaban J connectivity index is 0.00000128. The molecule has 0 spiro atoms. The summed E-state index contributed by atoms with van der Waals surface area (Å²) in [5.74, 6) is 1.96. The second-order valence-electron chi connectivity index (χ2n) is 3.34. The summed E-state index contributed by atoms with van der Waals surface area (Å²) in [5, 5.41) is 0. The molecule has 0 aliphatic rings. The number of aryl methyl sites for hydroxylation is 1. The van der Waals surface area contributed by atoms with Crippen molar-refractivity contribution in [1.82, 2.24) is 0 Å². The number of nitrogens with two attached hydrogens (primary N) is 1. The summed E-state index contributed by atoms with van der Waals surface area (Å²) in [5.41, 5.74) is 6.58. The summed E-state index contributed by atoms with van der Waals surface area (Å²) in [6.07, 6.45) is 0. The van der Waals surface area contributed by atoms with Gasteiger partial charge in [-0.05, 0) is 30.7 Å². The molecule has 0 bridgehead atoms. The molecule has 0 radical (unpaired) electrons. The number of ether oxygens (including phenoxy) is 1. The molecule has 0 saturated heterocycles. The van der Waals surface area contributed by atoms with Gasteiger partial charge in [-0.25, -0.2) is 0 Å². The monoisotopic (exact) mass is 239 g/mol. The van der Waals surface area contributed by atoms with Gasteiger partial charge in [-0.1, -0.05) is 12.1 Å². The Hall–Kier alpha value is -1.45. The molecule has 0 unspecified atom stereocenters. The van der Waals surface area contributed by atoms with Crippen LogP contribution in [0.15, 0.2) is 40.8 Å². The highest BCUT2D eigenvalue weighted by atomic mass is 35.5. The van der Waals surface area contributed by atoms with Crippen LogP contribution < -0.4 is 10.5 Å². The zero-order valence-electron chi connectivity index (χ0n) is 8.97. The lowest BCUT2D eigenvalue weighted by atomic mass is 10.2. The van der Waals surface area contributed by atoms with E-state index in [1.54, 1.807) is 6.07 Å². The van der Waals surface area contributed by atoms with E-state index in [1.807, 2.05) is 37.3 Å². The van der Waals surface area contributed by atoms with Gasteiger partial charge in [0.2, 0.25) is 0 Å². The van der Waals surface area contributed by atoms with Gasteiger partial charge in [-0.3, -0.25) is 0 Å². The minimum atomic E-state index is 0. The van der Waals surface area contributed by atoms with Crippen LogP contribution >= 0.6 is 12.4 Å². The van der Waals surface area contributed by atoms with Crippen LogP contribution in [-0.2, 0) is 6.54 Å². The van der Waals surface area contributed by atoms with Crippen molar-refractivity contribution in [1.29, 1.82) is 0 Å². The van der Waals surface area contributed by atoms with Crippen LogP contribution in [0.4, 0.5) is 0 Å². The second kappa shape index (κ2) is 5.58. The minimum Gasteiger partial charge on any atom is -0.429 e. The van der Waals surface area contributed by atoms with E-state index in [9.17, 15) is 0 Å². The van der Waals surface area contributed by atoms with Crippen molar-refractivity contribution in [2.75, 3.05) is 0 Å². The first kappa shape index (κ1) is 12.6. The van der Waals surface area contributed by atoms with Crippen molar-refractivity contribution >= 4 is 12.4 Å². The van der Waals surface area contributed by atoms with Crippen LogP contribution in [0.2, 0.25) is 0 Å². The standard InChI is InChI=1S/C12H13NO2.ClH/c1-9-3-2-4-10(7-9)14-12-6-5-11(8-13)15-12;/h2-7H,8,13H2,1H3;1H. The molecule has 4 heteroatoms. The van der Waals surface area contributed by atoms with E-state index in [0.29, 0.717) is 12.5 Å². The molecule has 2 aromatic rings. The molecule has 0 saturated carbocycles. The summed E-state index contributed by atoms with van der Waals surface area (Å²) in [4.78, 5) is 0. The quantitative estimate of drug-likeness (QED) is 0.894. The molecule has 1 heterocycles. The Kier molecular flexibility index (Phi) is 4.40. The Bertz CT molecular complexity index is 454.